The van der Waals surface area contributed by atoms with Crippen molar-refractivity contribution in [2.24, 2.45) is 0 Å². The second-order valence-electron chi connectivity index (χ2n) is 4.17. The van der Waals surface area contributed by atoms with Crippen molar-refractivity contribution in [3.63, 3.8) is 0 Å². The molecule has 0 spiro atoms. The van der Waals surface area contributed by atoms with Gasteiger partial charge >= 0.3 is 0 Å². The van der Waals surface area contributed by atoms with Gasteiger partial charge in [-0.15, -0.1) is 0 Å². The van der Waals surface area contributed by atoms with Crippen LogP contribution in [0.25, 0.3) is 11.4 Å². The number of rotatable bonds is 1. The van der Waals surface area contributed by atoms with Crippen LogP contribution in [0.3, 0.4) is 0 Å². The summed E-state index contributed by atoms with van der Waals surface area (Å²) in [4.78, 5) is 12.0. The van der Waals surface area contributed by atoms with Crippen LogP contribution in [0.15, 0.2) is 22.9 Å². The molecule has 0 aromatic carbocycles. The predicted molar refractivity (Wildman–Crippen MR) is 75.8 cm³/mol. The lowest BCUT2D eigenvalue weighted by atomic mass is 10.1. The average molecular weight is 323 g/mol. The van der Waals surface area contributed by atoms with Gasteiger partial charge in [0.2, 0.25) is 0 Å². The van der Waals surface area contributed by atoms with Gasteiger partial charge in [-0.1, -0.05) is 12.2 Å². The van der Waals surface area contributed by atoms with E-state index >= 15 is 0 Å². The standard InChI is InChI=1S/C12H11BrN4S/c13-8-3-7(4-15-5-8)11-16-10-1-2-14-6-9(10)12(18)17-11/h3-5,14H,1-2,6H2,(H,16,17,18). The van der Waals surface area contributed by atoms with Gasteiger partial charge in [0.25, 0.3) is 0 Å². The van der Waals surface area contributed by atoms with Crippen molar-refractivity contribution in [2.45, 2.75) is 13.0 Å². The summed E-state index contributed by atoms with van der Waals surface area (Å²) in [5.41, 5.74) is 3.24. The molecule has 0 fully saturated rings. The SMILES string of the molecule is S=c1nc(-c2cncc(Br)c2)[nH]c2c1CNCC2. The van der Waals surface area contributed by atoms with Crippen LogP contribution in [0.1, 0.15) is 11.3 Å². The van der Waals surface area contributed by atoms with Crippen molar-refractivity contribution in [1.82, 2.24) is 20.3 Å². The maximum atomic E-state index is 5.36. The topological polar surface area (TPSA) is 53.6 Å². The van der Waals surface area contributed by atoms with Crippen molar-refractivity contribution >= 4 is 28.1 Å². The summed E-state index contributed by atoms with van der Waals surface area (Å²) >= 11 is 8.77. The Bertz CT molecular complexity index is 653. The van der Waals surface area contributed by atoms with E-state index in [9.17, 15) is 0 Å². The number of aromatic nitrogens is 3. The molecule has 4 nitrogen and oxygen atoms in total. The molecule has 92 valence electrons. The fourth-order valence-electron chi connectivity index (χ4n) is 2.04. The molecule has 0 radical (unpaired) electrons. The van der Waals surface area contributed by atoms with Crippen LogP contribution in [-0.4, -0.2) is 21.5 Å². The number of nitrogens with one attached hydrogen (secondary N) is 2. The molecule has 3 rings (SSSR count). The van der Waals surface area contributed by atoms with Gasteiger partial charge in [-0.25, -0.2) is 4.98 Å². The lowest BCUT2D eigenvalue weighted by Crippen LogP contribution is -2.25. The Kier molecular flexibility index (Phi) is 3.23. The normalized spacial score (nSPS) is 14.3. The Morgan fingerprint density at radius 1 is 1.33 bits per heavy atom. The van der Waals surface area contributed by atoms with Crippen molar-refractivity contribution in [3.05, 3.63) is 38.8 Å². The van der Waals surface area contributed by atoms with E-state index in [1.807, 2.05) is 6.07 Å². The van der Waals surface area contributed by atoms with Gasteiger partial charge < -0.3 is 10.3 Å². The van der Waals surface area contributed by atoms with Gasteiger partial charge in [0.15, 0.2) is 0 Å². The second kappa shape index (κ2) is 4.87. The molecule has 0 atom stereocenters. The van der Waals surface area contributed by atoms with E-state index in [1.165, 1.54) is 5.69 Å². The molecule has 0 amide bonds. The summed E-state index contributed by atoms with van der Waals surface area (Å²) in [6.07, 6.45) is 4.49. The Morgan fingerprint density at radius 3 is 3.06 bits per heavy atom. The second-order valence-corrected chi connectivity index (χ2v) is 5.47. The van der Waals surface area contributed by atoms with E-state index < -0.39 is 0 Å². The van der Waals surface area contributed by atoms with Gasteiger partial charge in [0.05, 0.1) is 0 Å². The summed E-state index contributed by atoms with van der Waals surface area (Å²) in [5, 5.41) is 3.30. The number of halogens is 1. The maximum absolute atomic E-state index is 5.36. The third-order valence-corrected chi connectivity index (χ3v) is 3.71. The van der Waals surface area contributed by atoms with Crippen LogP contribution in [0.4, 0.5) is 0 Å². The van der Waals surface area contributed by atoms with Crippen LogP contribution in [0.5, 0.6) is 0 Å². The van der Waals surface area contributed by atoms with Crippen LogP contribution >= 0.6 is 28.1 Å². The minimum Gasteiger partial charge on any atom is -0.343 e. The minimum absolute atomic E-state index is 0.672. The summed E-state index contributed by atoms with van der Waals surface area (Å²) in [5.74, 6) is 0.787. The highest BCUT2D eigenvalue weighted by molar-refractivity contribution is 9.10. The highest BCUT2D eigenvalue weighted by Crippen LogP contribution is 2.21. The van der Waals surface area contributed by atoms with Crippen LogP contribution in [0.2, 0.25) is 0 Å². The fourth-order valence-corrected chi connectivity index (χ4v) is 2.70. The Hall–Kier alpha value is -1.11. The van der Waals surface area contributed by atoms with Crippen molar-refractivity contribution in [3.8, 4) is 11.4 Å². The lowest BCUT2D eigenvalue weighted by molar-refractivity contribution is 0.624. The quantitative estimate of drug-likeness (QED) is 0.792. The number of hydrogen-bond donors (Lipinski definition) is 2. The summed E-state index contributed by atoms with van der Waals surface area (Å²) in [7, 11) is 0. The van der Waals surface area contributed by atoms with Gasteiger partial charge in [-0.05, 0) is 22.0 Å². The Balaban J connectivity index is 2.14. The zero-order valence-electron chi connectivity index (χ0n) is 9.53. The molecule has 0 unspecified atom stereocenters. The molecule has 0 saturated carbocycles. The van der Waals surface area contributed by atoms with Gasteiger partial charge in [-0.3, -0.25) is 4.98 Å². The van der Waals surface area contributed by atoms with Crippen molar-refractivity contribution in [1.29, 1.82) is 0 Å². The summed E-state index contributed by atoms with van der Waals surface area (Å²) < 4.78 is 1.60. The van der Waals surface area contributed by atoms with Crippen LogP contribution in [0, 0.1) is 4.64 Å². The molecule has 6 heteroatoms. The molecule has 0 saturated heterocycles. The van der Waals surface area contributed by atoms with Gasteiger partial charge in [-0.2, -0.15) is 0 Å². The van der Waals surface area contributed by atoms with Crippen molar-refractivity contribution < 1.29 is 0 Å². The van der Waals surface area contributed by atoms with Gasteiger partial charge in [0.1, 0.15) is 10.5 Å². The lowest BCUT2D eigenvalue weighted by Gasteiger charge is -2.17. The zero-order valence-corrected chi connectivity index (χ0v) is 11.9. The van der Waals surface area contributed by atoms with E-state index in [0.717, 1.165) is 40.9 Å². The first-order valence-corrected chi connectivity index (χ1v) is 6.88. The first-order valence-electron chi connectivity index (χ1n) is 5.68. The largest absolute Gasteiger partial charge is 0.343 e. The average Bonchev–Trinajstić information content (AvgIpc) is 2.39. The van der Waals surface area contributed by atoms with Crippen LogP contribution in [-0.2, 0) is 13.0 Å². The van der Waals surface area contributed by atoms with E-state index in [-0.39, 0.29) is 0 Å². The first-order chi connectivity index (χ1) is 8.74. The third kappa shape index (κ3) is 2.23. The maximum Gasteiger partial charge on any atom is 0.140 e. The van der Waals surface area contributed by atoms with E-state index in [4.69, 9.17) is 12.2 Å². The molecule has 0 bridgehead atoms. The minimum atomic E-state index is 0.672. The molecular formula is C12H11BrN4S. The highest BCUT2D eigenvalue weighted by Gasteiger charge is 2.13. The Labute approximate surface area is 118 Å². The highest BCUT2D eigenvalue weighted by atomic mass is 79.9. The molecule has 2 aromatic rings. The van der Waals surface area contributed by atoms with Crippen LogP contribution < -0.4 is 5.32 Å². The van der Waals surface area contributed by atoms with Crippen molar-refractivity contribution in [2.75, 3.05) is 6.54 Å². The summed E-state index contributed by atoms with van der Waals surface area (Å²) in [6, 6.07) is 1.98. The number of H-pyrrole nitrogens is 1. The number of nitrogens with zero attached hydrogens (tertiary/aromatic N) is 2. The Morgan fingerprint density at radius 2 is 2.22 bits per heavy atom. The molecule has 1 aliphatic heterocycles. The molecule has 2 aromatic heterocycles. The molecule has 2 N–H and O–H groups in total. The summed E-state index contributed by atoms with van der Waals surface area (Å²) in [6.45, 7) is 1.77. The van der Waals surface area contributed by atoms with Gasteiger partial charge in [0, 0.05) is 53.2 Å². The molecule has 3 heterocycles. The molecule has 1 aliphatic rings. The third-order valence-electron chi connectivity index (χ3n) is 2.94. The monoisotopic (exact) mass is 322 g/mol. The predicted octanol–water partition coefficient (Wildman–Crippen LogP) is 2.61. The smallest absolute Gasteiger partial charge is 0.140 e. The molecule has 18 heavy (non-hydrogen) atoms. The number of pyridine rings is 1. The first kappa shape index (κ1) is 12.0. The van der Waals surface area contributed by atoms with E-state index in [2.05, 4.69) is 36.2 Å². The molecular weight excluding hydrogens is 312 g/mol. The number of aromatic amines is 1. The number of hydrogen-bond acceptors (Lipinski definition) is 4. The van der Waals surface area contributed by atoms with E-state index in [0.29, 0.717) is 4.64 Å². The zero-order chi connectivity index (χ0) is 12.5. The molecule has 0 aliphatic carbocycles. The number of fused-ring (bicyclic) bond motifs is 1. The van der Waals surface area contributed by atoms with E-state index in [1.54, 1.807) is 12.4 Å². The fraction of sp³-hybridized carbons (Fsp3) is 0.250.